The van der Waals surface area contributed by atoms with Gasteiger partial charge in [0.2, 0.25) is 0 Å². The van der Waals surface area contributed by atoms with E-state index in [1.807, 2.05) is 12.1 Å². The van der Waals surface area contributed by atoms with Gasteiger partial charge in [0.1, 0.15) is 0 Å². The summed E-state index contributed by atoms with van der Waals surface area (Å²) in [6.45, 7) is 2.84. The van der Waals surface area contributed by atoms with Gasteiger partial charge in [-0.3, -0.25) is 0 Å². The quantitative estimate of drug-likeness (QED) is 0.812. The highest BCUT2D eigenvalue weighted by Gasteiger charge is 2.22. The van der Waals surface area contributed by atoms with E-state index in [-0.39, 0.29) is 6.10 Å². The number of benzene rings is 1. The Bertz CT molecular complexity index is 403. The van der Waals surface area contributed by atoms with Crippen molar-refractivity contribution < 1.29 is 13.5 Å². The van der Waals surface area contributed by atoms with Gasteiger partial charge in [-0.25, -0.2) is 0 Å². The van der Waals surface area contributed by atoms with E-state index >= 15 is 0 Å². The Morgan fingerprint density at radius 2 is 2.21 bits per heavy atom. The second kappa shape index (κ2) is 7.10. The summed E-state index contributed by atoms with van der Waals surface area (Å²) in [5, 5.41) is 3.38. The summed E-state index contributed by atoms with van der Waals surface area (Å²) in [7, 11) is 0. The van der Waals surface area contributed by atoms with Gasteiger partial charge in [-0.15, -0.1) is 0 Å². The highest BCUT2D eigenvalue weighted by Crippen LogP contribution is 2.33. The largest absolute Gasteiger partial charge is 0.381 e. The lowest BCUT2D eigenvalue weighted by Crippen LogP contribution is -2.33. The number of para-hydroxylation sites is 1. The zero-order valence-corrected chi connectivity index (χ0v) is 11.8. The smallest absolute Gasteiger partial charge is 0.288 e. The molecule has 1 N–H and O–H groups in total. The van der Waals surface area contributed by atoms with Gasteiger partial charge in [0.15, 0.2) is 0 Å². The summed E-state index contributed by atoms with van der Waals surface area (Å²) in [4.78, 5) is 0.608. The Kier molecular flexibility index (Phi) is 5.45. The number of hydrogen-bond donors (Lipinski definition) is 1. The fraction of sp³-hybridized carbons (Fsp3) is 0.571. The first-order chi connectivity index (χ1) is 9.19. The van der Waals surface area contributed by atoms with Crippen molar-refractivity contribution >= 4 is 17.4 Å². The number of halogens is 2. The first-order valence-electron chi connectivity index (χ1n) is 6.61. The third-order valence-electron chi connectivity index (χ3n) is 3.29. The maximum Gasteiger partial charge on any atom is 0.288 e. The molecular weight excluding hydrogens is 268 g/mol. The van der Waals surface area contributed by atoms with Gasteiger partial charge in [-0.1, -0.05) is 30.8 Å². The fourth-order valence-corrected chi connectivity index (χ4v) is 2.90. The molecule has 1 fully saturated rings. The van der Waals surface area contributed by atoms with Crippen molar-refractivity contribution in [2.75, 3.05) is 11.9 Å². The SMILES string of the molecule is CCC1CC(Nc2ccccc2SC(F)F)CCO1. The van der Waals surface area contributed by atoms with Gasteiger partial charge in [-0.2, -0.15) is 8.78 Å². The number of hydrogen-bond acceptors (Lipinski definition) is 3. The highest BCUT2D eigenvalue weighted by molar-refractivity contribution is 7.99. The van der Waals surface area contributed by atoms with Crippen LogP contribution in [0.5, 0.6) is 0 Å². The highest BCUT2D eigenvalue weighted by atomic mass is 32.2. The molecule has 106 valence electrons. The Morgan fingerprint density at radius 3 is 2.95 bits per heavy atom. The minimum atomic E-state index is -2.39. The molecule has 0 bridgehead atoms. The van der Waals surface area contributed by atoms with Gasteiger partial charge < -0.3 is 10.1 Å². The standard InChI is InChI=1S/C14H19F2NOS/c1-2-11-9-10(7-8-18-11)17-12-5-3-4-6-13(12)19-14(15)16/h3-6,10-11,14,17H,2,7-9H2,1H3. The lowest BCUT2D eigenvalue weighted by atomic mass is 10.0. The normalized spacial score (nSPS) is 23.6. The molecule has 0 radical (unpaired) electrons. The molecule has 0 amide bonds. The third-order valence-corrected chi connectivity index (χ3v) is 4.07. The molecular formula is C14H19F2NOS. The van der Waals surface area contributed by atoms with Crippen LogP contribution in [-0.2, 0) is 4.74 Å². The van der Waals surface area contributed by atoms with E-state index in [1.165, 1.54) is 0 Å². The van der Waals surface area contributed by atoms with Gasteiger partial charge in [0.25, 0.3) is 5.76 Å². The first kappa shape index (κ1) is 14.6. The molecule has 1 aliphatic rings. The minimum Gasteiger partial charge on any atom is -0.381 e. The molecule has 0 saturated carbocycles. The molecule has 1 aliphatic heterocycles. The molecule has 1 aromatic rings. The first-order valence-corrected chi connectivity index (χ1v) is 7.49. The summed E-state index contributed by atoms with van der Waals surface area (Å²) < 4.78 is 30.6. The number of ether oxygens (including phenoxy) is 1. The second-order valence-electron chi connectivity index (χ2n) is 4.64. The Labute approximate surface area is 116 Å². The molecule has 2 atom stereocenters. The van der Waals surface area contributed by atoms with E-state index in [0.717, 1.165) is 31.6 Å². The second-order valence-corrected chi connectivity index (χ2v) is 5.67. The maximum atomic E-state index is 12.5. The zero-order valence-electron chi connectivity index (χ0n) is 10.9. The molecule has 1 saturated heterocycles. The molecule has 19 heavy (non-hydrogen) atoms. The zero-order chi connectivity index (χ0) is 13.7. The number of nitrogens with one attached hydrogen (secondary N) is 1. The number of rotatable bonds is 5. The van der Waals surface area contributed by atoms with Crippen molar-refractivity contribution in [3.8, 4) is 0 Å². The van der Waals surface area contributed by atoms with Crippen LogP contribution >= 0.6 is 11.8 Å². The summed E-state index contributed by atoms with van der Waals surface area (Å²) in [5.74, 6) is -2.39. The van der Waals surface area contributed by atoms with Crippen LogP contribution in [0.15, 0.2) is 29.2 Å². The topological polar surface area (TPSA) is 21.3 Å². The van der Waals surface area contributed by atoms with E-state index in [1.54, 1.807) is 12.1 Å². The molecule has 1 aromatic carbocycles. The van der Waals surface area contributed by atoms with Crippen LogP contribution in [-0.4, -0.2) is 24.5 Å². The molecule has 1 heterocycles. The summed E-state index contributed by atoms with van der Waals surface area (Å²) in [6.07, 6.45) is 3.13. The van der Waals surface area contributed by atoms with E-state index in [2.05, 4.69) is 12.2 Å². The predicted octanol–water partition coefficient (Wildman–Crippen LogP) is 4.37. The molecule has 2 nitrogen and oxygen atoms in total. The average Bonchev–Trinajstić information content (AvgIpc) is 2.41. The van der Waals surface area contributed by atoms with Crippen molar-refractivity contribution in [3.05, 3.63) is 24.3 Å². The van der Waals surface area contributed by atoms with Crippen LogP contribution in [0.25, 0.3) is 0 Å². The molecule has 5 heteroatoms. The van der Waals surface area contributed by atoms with Crippen LogP contribution < -0.4 is 5.32 Å². The summed E-state index contributed by atoms with van der Waals surface area (Å²) in [6, 6.07) is 7.55. The number of anilines is 1. The van der Waals surface area contributed by atoms with Crippen molar-refractivity contribution in [2.24, 2.45) is 0 Å². The van der Waals surface area contributed by atoms with Crippen molar-refractivity contribution in [1.82, 2.24) is 0 Å². The number of thioether (sulfide) groups is 1. The van der Waals surface area contributed by atoms with E-state index < -0.39 is 5.76 Å². The molecule has 2 rings (SSSR count). The van der Waals surface area contributed by atoms with Crippen LogP contribution in [0.2, 0.25) is 0 Å². The molecule has 0 spiro atoms. The van der Waals surface area contributed by atoms with Crippen LogP contribution in [0.4, 0.5) is 14.5 Å². The minimum absolute atomic E-state index is 0.279. The van der Waals surface area contributed by atoms with Crippen molar-refractivity contribution in [3.63, 3.8) is 0 Å². The van der Waals surface area contributed by atoms with E-state index in [9.17, 15) is 8.78 Å². The Morgan fingerprint density at radius 1 is 1.42 bits per heavy atom. The van der Waals surface area contributed by atoms with Gasteiger partial charge in [0.05, 0.1) is 6.10 Å². The number of alkyl halides is 2. The van der Waals surface area contributed by atoms with Crippen LogP contribution in [0, 0.1) is 0 Å². The van der Waals surface area contributed by atoms with Gasteiger partial charge in [0, 0.05) is 23.2 Å². The lowest BCUT2D eigenvalue weighted by molar-refractivity contribution is 0.00922. The van der Waals surface area contributed by atoms with Crippen molar-refractivity contribution in [1.29, 1.82) is 0 Å². The van der Waals surface area contributed by atoms with Crippen LogP contribution in [0.1, 0.15) is 26.2 Å². The van der Waals surface area contributed by atoms with Gasteiger partial charge >= 0.3 is 0 Å². The van der Waals surface area contributed by atoms with Gasteiger partial charge in [-0.05, 0) is 31.4 Å². The Hall–Kier alpha value is -0.810. The fourth-order valence-electron chi connectivity index (χ4n) is 2.30. The predicted molar refractivity (Wildman–Crippen MR) is 75.0 cm³/mol. The summed E-state index contributed by atoms with van der Waals surface area (Å²) >= 11 is 0.593. The molecule has 0 aliphatic carbocycles. The van der Waals surface area contributed by atoms with Crippen LogP contribution in [0.3, 0.4) is 0 Å². The average molecular weight is 287 g/mol. The Balaban J connectivity index is 2.01. The summed E-state index contributed by atoms with van der Waals surface area (Å²) in [5.41, 5.74) is 0.801. The third kappa shape index (κ3) is 4.35. The van der Waals surface area contributed by atoms with Crippen molar-refractivity contribution in [2.45, 2.75) is 49.0 Å². The van der Waals surface area contributed by atoms with E-state index in [0.29, 0.717) is 22.7 Å². The monoisotopic (exact) mass is 287 g/mol. The van der Waals surface area contributed by atoms with E-state index in [4.69, 9.17) is 4.74 Å². The molecule has 0 aromatic heterocycles. The molecule has 2 unspecified atom stereocenters. The lowest BCUT2D eigenvalue weighted by Gasteiger charge is -2.30. The maximum absolute atomic E-state index is 12.5.